The van der Waals surface area contributed by atoms with Crippen molar-refractivity contribution in [1.29, 1.82) is 0 Å². The SMILES string of the molecule is CC(C)(C)OC(=O)N1CC[C@@H](C(=O)c2ccc(C(F)(F)F)cc2)C1. The van der Waals surface area contributed by atoms with Crippen LogP contribution in [0.5, 0.6) is 0 Å². The van der Waals surface area contributed by atoms with Crippen LogP contribution < -0.4 is 0 Å². The lowest BCUT2D eigenvalue weighted by molar-refractivity contribution is -0.137. The molecule has 132 valence electrons. The number of alkyl halides is 3. The molecule has 1 aromatic rings. The van der Waals surface area contributed by atoms with E-state index in [1.54, 1.807) is 20.8 Å². The first-order valence-electron chi connectivity index (χ1n) is 7.67. The molecular weight excluding hydrogens is 323 g/mol. The van der Waals surface area contributed by atoms with Crippen LogP contribution >= 0.6 is 0 Å². The molecular formula is C17H20F3NO3. The maximum Gasteiger partial charge on any atom is 0.416 e. The average Bonchev–Trinajstić information content (AvgIpc) is 2.94. The van der Waals surface area contributed by atoms with Crippen molar-refractivity contribution in [3.63, 3.8) is 0 Å². The van der Waals surface area contributed by atoms with Gasteiger partial charge in [0.15, 0.2) is 5.78 Å². The Morgan fingerprint density at radius 3 is 2.21 bits per heavy atom. The number of nitrogens with zero attached hydrogens (tertiary/aromatic N) is 1. The number of Topliss-reactive ketones (excluding diaryl/α,β-unsaturated/α-hetero) is 1. The van der Waals surface area contributed by atoms with Gasteiger partial charge in [-0.25, -0.2) is 4.79 Å². The van der Waals surface area contributed by atoms with Gasteiger partial charge in [0.05, 0.1) is 5.56 Å². The lowest BCUT2D eigenvalue weighted by Crippen LogP contribution is -2.35. The first-order valence-corrected chi connectivity index (χ1v) is 7.67. The van der Waals surface area contributed by atoms with E-state index < -0.39 is 29.4 Å². The summed E-state index contributed by atoms with van der Waals surface area (Å²) in [6.45, 7) is 5.88. The highest BCUT2D eigenvalue weighted by Gasteiger charge is 2.34. The second-order valence-electron chi connectivity index (χ2n) is 6.85. The van der Waals surface area contributed by atoms with Crippen LogP contribution in [0.3, 0.4) is 0 Å². The molecule has 1 atom stereocenters. The Kier molecular flexibility index (Phi) is 4.92. The minimum atomic E-state index is -4.43. The predicted molar refractivity (Wildman–Crippen MR) is 81.7 cm³/mol. The second-order valence-corrected chi connectivity index (χ2v) is 6.85. The van der Waals surface area contributed by atoms with Gasteiger partial charge < -0.3 is 9.64 Å². The average molecular weight is 343 g/mol. The summed E-state index contributed by atoms with van der Waals surface area (Å²) >= 11 is 0. The Hall–Kier alpha value is -2.05. The van der Waals surface area contributed by atoms with E-state index in [0.29, 0.717) is 13.0 Å². The van der Waals surface area contributed by atoms with E-state index in [1.165, 1.54) is 17.0 Å². The quantitative estimate of drug-likeness (QED) is 0.758. The van der Waals surface area contributed by atoms with Crippen molar-refractivity contribution in [1.82, 2.24) is 4.90 Å². The van der Waals surface area contributed by atoms with Gasteiger partial charge >= 0.3 is 12.3 Å². The highest BCUT2D eigenvalue weighted by molar-refractivity contribution is 5.98. The molecule has 0 saturated carbocycles. The van der Waals surface area contributed by atoms with Crippen LogP contribution in [0.15, 0.2) is 24.3 Å². The maximum atomic E-state index is 12.6. The number of carbonyl (C=O) groups is 2. The molecule has 1 fully saturated rings. The fraction of sp³-hybridized carbons (Fsp3) is 0.529. The molecule has 1 aromatic carbocycles. The van der Waals surface area contributed by atoms with Crippen molar-refractivity contribution in [3.8, 4) is 0 Å². The van der Waals surface area contributed by atoms with E-state index in [1.807, 2.05) is 0 Å². The van der Waals surface area contributed by atoms with Crippen molar-refractivity contribution >= 4 is 11.9 Å². The topological polar surface area (TPSA) is 46.6 Å². The van der Waals surface area contributed by atoms with Crippen molar-refractivity contribution in [2.75, 3.05) is 13.1 Å². The van der Waals surface area contributed by atoms with Crippen LogP contribution in [0.4, 0.5) is 18.0 Å². The Morgan fingerprint density at radius 1 is 1.12 bits per heavy atom. The number of carbonyl (C=O) groups excluding carboxylic acids is 2. The second kappa shape index (κ2) is 6.45. The molecule has 1 aliphatic heterocycles. The van der Waals surface area contributed by atoms with Crippen molar-refractivity contribution in [2.45, 2.75) is 39.0 Å². The van der Waals surface area contributed by atoms with E-state index >= 15 is 0 Å². The van der Waals surface area contributed by atoms with Crippen molar-refractivity contribution in [3.05, 3.63) is 35.4 Å². The van der Waals surface area contributed by atoms with E-state index in [2.05, 4.69) is 0 Å². The van der Waals surface area contributed by atoms with Gasteiger partial charge in [-0.1, -0.05) is 12.1 Å². The van der Waals surface area contributed by atoms with E-state index in [-0.39, 0.29) is 17.9 Å². The summed E-state index contributed by atoms with van der Waals surface area (Å²) in [7, 11) is 0. The summed E-state index contributed by atoms with van der Waals surface area (Å²) < 4.78 is 42.9. The zero-order valence-electron chi connectivity index (χ0n) is 13.8. The highest BCUT2D eigenvalue weighted by atomic mass is 19.4. The minimum Gasteiger partial charge on any atom is -0.444 e. The molecule has 1 aliphatic rings. The van der Waals surface area contributed by atoms with Gasteiger partial charge in [0.2, 0.25) is 0 Å². The molecule has 0 aliphatic carbocycles. The molecule has 1 amide bonds. The number of halogens is 3. The monoisotopic (exact) mass is 343 g/mol. The Labute approximate surface area is 138 Å². The van der Waals surface area contributed by atoms with E-state index in [4.69, 9.17) is 4.74 Å². The molecule has 24 heavy (non-hydrogen) atoms. The van der Waals surface area contributed by atoms with Gasteiger partial charge in [-0.2, -0.15) is 13.2 Å². The van der Waals surface area contributed by atoms with Crippen molar-refractivity contribution < 1.29 is 27.5 Å². The fourth-order valence-corrected chi connectivity index (χ4v) is 2.53. The molecule has 4 nitrogen and oxygen atoms in total. The number of amides is 1. The fourth-order valence-electron chi connectivity index (χ4n) is 2.53. The smallest absolute Gasteiger partial charge is 0.416 e. The van der Waals surface area contributed by atoms with Crippen LogP contribution in [0.2, 0.25) is 0 Å². The van der Waals surface area contributed by atoms with E-state index in [0.717, 1.165) is 12.1 Å². The molecule has 0 bridgehead atoms. The summed E-state index contributed by atoms with van der Waals surface area (Å²) in [4.78, 5) is 25.8. The van der Waals surface area contributed by atoms with Crippen molar-refractivity contribution in [2.24, 2.45) is 5.92 Å². The summed E-state index contributed by atoms with van der Waals surface area (Å²) in [6, 6.07) is 4.16. The summed E-state index contributed by atoms with van der Waals surface area (Å²) in [6.07, 6.45) is -4.44. The largest absolute Gasteiger partial charge is 0.444 e. The molecule has 2 rings (SSSR count). The van der Waals surface area contributed by atoms with Gasteiger partial charge in [0.25, 0.3) is 0 Å². The van der Waals surface area contributed by atoms with Gasteiger partial charge in [0, 0.05) is 24.6 Å². The minimum absolute atomic E-state index is 0.217. The molecule has 7 heteroatoms. The molecule has 0 aromatic heterocycles. The number of ether oxygens (including phenoxy) is 1. The van der Waals surface area contributed by atoms with Crippen LogP contribution in [0.1, 0.15) is 43.1 Å². The number of likely N-dealkylation sites (tertiary alicyclic amines) is 1. The third kappa shape index (κ3) is 4.49. The van der Waals surface area contributed by atoms with Gasteiger partial charge in [-0.3, -0.25) is 4.79 Å². The van der Waals surface area contributed by atoms with Gasteiger partial charge in [-0.05, 0) is 39.3 Å². The van der Waals surface area contributed by atoms with Crippen LogP contribution in [0.25, 0.3) is 0 Å². The molecule has 1 saturated heterocycles. The Balaban J connectivity index is 2.00. The van der Waals surface area contributed by atoms with Crippen LogP contribution in [0, 0.1) is 5.92 Å². The van der Waals surface area contributed by atoms with Crippen LogP contribution in [-0.4, -0.2) is 35.5 Å². The third-order valence-corrected chi connectivity index (χ3v) is 3.71. The standard InChI is InChI=1S/C17H20F3NO3/c1-16(2,3)24-15(23)21-9-8-12(10-21)14(22)11-4-6-13(7-5-11)17(18,19)20/h4-7,12H,8-10H2,1-3H3/t12-/m1/s1. The zero-order chi connectivity index (χ0) is 18.1. The Morgan fingerprint density at radius 2 is 1.71 bits per heavy atom. The molecule has 0 unspecified atom stereocenters. The molecule has 1 heterocycles. The lowest BCUT2D eigenvalue weighted by Gasteiger charge is -2.24. The Bertz CT molecular complexity index is 617. The number of ketones is 1. The number of hydrogen-bond donors (Lipinski definition) is 0. The summed E-state index contributed by atoms with van der Waals surface area (Å²) in [5, 5.41) is 0. The first kappa shape index (κ1) is 18.3. The summed E-state index contributed by atoms with van der Waals surface area (Å²) in [5.74, 6) is -0.677. The molecule has 0 spiro atoms. The highest BCUT2D eigenvalue weighted by Crippen LogP contribution is 2.30. The van der Waals surface area contributed by atoms with E-state index in [9.17, 15) is 22.8 Å². The maximum absolute atomic E-state index is 12.6. The predicted octanol–water partition coefficient (Wildman–Crippen LogP) is 4.15. The third-order valence-electron chi connectivity index (χ3n) is 3.71. The van der Waals surface area contributed by atoms with Gasteiger partial charge in [0.1, 0.15) is 5.60 Å². The number of benzene rings is 1. The number of hydrogen-bond acceptors (Lipinski definition) is 3. The van der Waals surface area contributed by atoms with Gasteiger partial charge in [-0.15, -0.1) is 0 Å². The summed E-state index contributed by atoms with van der Waals surface area (Å²) in [5.41, 5.74) is -1.19. The number of rotatable bonds is 2. The molecule has 0 radical (unpaired) electrons. The first-order chi connectivity index (χ1) is 11.0. The lowest BCUT2D eigenvalue weighted by atomic mass is 9.96. The van der Waals surface area contributed by atoms with Crippen LogP contribution in [-0.2, 0) is 10.9 Å². The zero-order valence-corrected chi connectivity index (χ0v) is 13.8. The normalized spacial score (nSPS) is 18.6. The molecule has 0 N–H and O–H groups in total.